The molecule has 4 rings (SSSR count). The van der Waals surface area contributed by atoms with E-state index in [1.807, 2.05) is 20.2 Å². The molecule has 37 heavy (non-hydrogen) atoms. The van der Waals surface area contributed by atoms with Crippen LogP contribution in [0.5, 0.6) is 0 Å². The monoisotopic (exact) mass is 524 g/mol. The molecule has 0 radical (unpaired) electrons. The Morgan fingerprint density at radius 1 is 1.05 bits per heavy atom. The number of carbonyl (C=O) groups is 1. The first kappa shape index (κ1) is 26.3. The fourth-order valence-corrected chi connectivity index (χ4v) is 4.54. The lowest BCUT2D eigenvalue weighted by Crippen LogP contribution is -2.24. The first-order valence-corrected chi connectivity index (χ1v) is 13.1. The van der Waals surface area contributed by atoms with E-state index in [2.05, 4.69) is 25.4 Å². The van der Waals surface area contributed by atoms with Crippen molar-refractivity contribution in [1.82, 2.24) is 24.7 Å². The summed E-state index contributed by atoms with van der Waals surface area (Å²) in [4.78, 5) is 15.5. The summed E-state index contributed by atoms with van der Waals surface area (Å²) in [6, 6.07) is 16.0. The maximum atomic E-state index is 13.5. The van der Waals surface area contributed by atoms with Crippen LogP contribution in [0.25, 0.3) is 16.6 Å². The van der Waals surface area contributed by atoms with Crippen LogP contribution in [-0.2, 0) is 16.6 Å². The molecule has 0 saturated carbocycles. The van der Waals surface area contributed by atoms with Gasteiger partial charge < -0.3 is 15.5 Å². The zero-order valence-corrected chi connectivity index (χ0v) is 21.6. The number of anilines is 1. The highest BCUT2D eigenvalue weighted by molar-refractivity contribution is 7.89. The number of carbonyl (C=O) groups excluding carboxylic acids is 1. The molecule has 1 aromatic heterocycles. The number of hydrogen-bond acceptors (Lipinski definition) is 6. The molecule has 4 aromatic rings. The van der Waals surface area contributed by atoms with Crippen molar-refractivity contribution in [2.45, 2.75) is 11.4 Å². The van der Waals surface area contributed by atoms with E-state index in [4.69, 9.17) is 0 Å². The Morgan fingerprint density at radius 2 is 1.76 bits per heavy atom. The maximum Gasteiger partial charge on any atom is 0.252 e. The van der Waals surface area contributed by atoms with Crippen molar-refractivity contribution in [3.05, 3.63) is 83.8 Å². The van der Waals surface area contributed by atoms with Gasteiger partial charge in [0.05, 0.1) is 27.9 Å². The van der Waals surface area contributed by atoms with Crippen LogP contribution in [0, 0.1) is 5.82 Å². The lowest BCUT2D eigenvalue weighted by Gasteiger charge is -2.14. The molecule has 0 aliphatic rings. The zero-order valence-electron chi connectivity index (χ0n) is 20.8. The minimum atomic E-state index is -3.53. The maximum absolute atomic E-state index is 13.5. The average molecular weight is 525 g/mol. The van der Waals surface area contributed by atoms with Gasteiger partial charge >= 0.3 is 0 Å². The minimum Gasteiger partial charge on any atom is -0.384 e. The second kappa shape index (κ2) is 11.1. The van der Waals surface area contributed by atoms with Crippen molar-refractivity contribution in [1.29, 1.82) is 0 Å². The van der Waals surface area contributed by atoms with E-state index in [1.54, 1.807) is 41.2 Å². The Balaban J connectivity index is 1.62. The van der Waals surface area contributed by atoms with Crippen LogP contribution in [0.3, 0.4) is 0 Å². The highest BCUT2D eigenvalue weighted by Gasteiger charge is 2.17. The van der Waals surface area contributed by atoms with Crippen molar-refractivity contribution in [3.63, 3.8) is 0 Å². The van der Waals surface area contributed by atoms with Crippen LogP contribution in [0.15, 0.2) is 71.8 Å². The van der Waals surface area contributed by atoms with Crippen molar-refractivity contribution >= 4 is 32.5 Å². The molecule has 1 heterocycles. The number of rotatable bonds is 10. The van der Waals surface area contributed by atoms with Crippen molar-refractivity contribution < 1.29 is 17.6 Å². The van der Waals surface area contributed by atoms with Crippen LogP contribution in [0.4, 0.5) is 10.1 Å². The number of hydrogen-bond donors (Lipinski definition) is 3. The van der Waals surface area contributed by atoms with Crippen LogP contribution < -0.4 is 15.4 Å². The minimum absolute atomic E-state index is 0.150. The first-order valence-electron chi connectivity index (χ1n) is 11.6. The van der Waals surface area contributed by atoms with Crippen molar-refractivity contribution in [3.8, 4) is 5.69 Å². The van der Waals surface area contributed by atoms with E-state index < -0.39 is 10.0 Å². The number of fused-ring (bicyclic) bond motifs is 1. The van der Waals surface area contributed by atoms with Crippen LogP contribution in [0.2, 0.25) is 0 Å². The summed E-state index contributed by atoms with van der Waals surface area (Å²) in [6.45, 7) is 1.69. The van der Waals surface area contributed by atoms with Gasteiger partial charge in [0.25, 0.3) is 5.91 Å². The van der Waals surface area contributed by atoms with Gasteiger partial charge in [-0.05, 0) is 75.2 Å². The molecular weight excluding hydrogens is 495 g/mol. The molecular formula is C26H29FN6O3S. The topological polar surface area (TPSA) is 108 Å². The highest BCUT2D eigenvalue weighted by atomic mass is 32.2. The Morgan fingerprint density at radius 3 is 2.41 bits per heavy atom. The SMILES string of the molecule is CNS(=O)(=O)c1ccc(CNC(=O)c2cc(NCCN(C)C)cc3c2cnn3-c2ccc(F)cc2)cc1. The van der Waals surface area contributed by atoms with E-state index in [0.29, 0.717) is 28.7 Å². The molecule has 1 amide bonds. The normalized spacial score (nSPS) is 11.7. The second-order valence-electron chi connectivity index (χ2n) is 8.75. The molecule has 11 heteroatoms. The number of likely N-dealkylation sites (N-methyl/N-ethyl adjacent to an activating group) is 1. The molecule has 0 saturated heterocycles. The highest BCUT2D eigenvalue weighted by Crippen LogP contribution is 2.27. The van der Waals surface area contributed by atoms with Gasteiger partial charge in [-0.25, -0.2) is 22.2 Å². The Hall–Kier alpha value is -3.80. The van der Waals surface area contributed by atoms with Gasteiger partial charge in [-0.3, -0.25) is 4.79 Å². The molecule has 0 unspecified atom stereocenters. The van der Waals surface area contributed by atoms with Gasteiger partial charge in [0.2, 0.25) is 10.0 Å². The molecule has 0 aliphatic carbocycles. The van der Waals surface area contributed by atoms with Gasteiger partial charge in [-0.15, -0.1) is 0 Å². The number of nitrogens with one attached hydrogen (secondary N) is 3. The molecule has 3 aromatic carbocycles. The smallest absolute Gasteiger partial charge is 0.252 e. The fraction of sp³-hybridized carbons (Fsp3) is 0.231. The average Bonchev–Trinajstić information content (AvgIpc) is 3.31. The zero-order chi connectivity index (χ0) is 26.6. The summed E-state index contributed by atoms with van der Waals surface area (Å²) in [7, 11) is 1.78. The van der Waals surface area contributed by atoms with Gasteiger partial charge in [0.15, 0.2) is 0 Å². The third-order valence-corrected chi connectivity index (χ3v) is 7.28. The third kappa shape index (κ3) is 6.13. The van der Waals surface area contributed by atoms with E-state index in [0.717, 1.165) is 17.8 Å². The van der Waals surface area contributed by atoms with Crippen LogP contribution >= 0.6 is 0 Å². The fourth-order valence-electron chi connectivity index (χ4n) is 3.81. The molecule has 0 atom stereocenters. The molecule has 3 N–H and O–H groups in total. The number of aromatic nitrogens is 2. The Labute approximate surface area is 215 Å². The van der Waals surface area contributed by atoms with Gasteiger partial charge in [0, 0.05) is 30.7 Å². The van der Waals surface area contributed by atoms with Crippen molar-refractivity contribution in [2.24, 2.45) is 0 Å². The van der Waals surface area contributed by atoms with Gasteiger partial charge in [-0.2, -0.15) is 5.10 Å². The van der Waals surface area contributed by atoms with E-state index >= 15 is 0 Å². The summed E-state index contributed by atoms with van der Waals surface area (Å²) in [5.74, 6) is -0.644. The standard InChI is InChI=1S/C26H29FN6O3S/c1-28-37(35,36)22-10-4-18(5-11-22)16-30-26(34)23-14-20(29-12-13-32(2)3)15-25-24(23)17-31-33(25)21-8-6-19(27)7-9-21/h4-11,14-15,17,28-29H,12-13,16H2,1-3H3,(H,30,34). The largest absolute Gasteiger partial charge is 0.384 e. The number of sulfonamides is 1. The molecule has 0 bridgehead atoms. The Bertz CT molecular complexity index is 1500. The summed E-state index contributed by atoms with van der Waals surface area (Å²) in [6.07, 6.45) is 1.62. The number of nitrogens with zero attached hydrogens (tertiary/aromatic N) is 3. The van der Waals surface area contributed by atoms with Crippen LogP contribution in [-0.4, -0.2) is 63.2 Å². The van der Waals surface area contributed by atoms with E-state index in [9.17, 15) is 17.6 Å². The number of benzene rings is 3. The summed E-state index contributed by atoms with van der Waals surface area (Å²) in [5.41, 5.74) is 3.32. The van der Waals surface area contributed by atoms with Gasteiger partial charge in [0.1, 0.15) is 5.82 Å². The second-order valence-corrected chi connectivity index (χ2v) is 10.6. The van der Waals surface area contributed by atoms with Crippen LogP contribution in [0.1, 0.15) is 15.9 Å². The first-order chi connectivity index (χ1) is 17.7. The Kier molecular flexibility index (Phi) is 7.86. The van der Waals surface area contributed by atoms with Crippen molar-refractivity contribution in [2.75, 3.05) is 39.5 Å². The number of halogens is 1. The lowest BCUT2D eigenvalue weighted by atomic mass is 10.1. The summed E-state index contributed by atoms with van der Waals surface area (Å²) in [5, 5.41) is 11.4. The van der Waals surface area contributed by atoms with Gasteiger partial charge in [-0.1, -0.05) is 12.1 Å². The van der Waals surface area contributed by atoms with E-state index in [1.165, 1.54) is 31.3 Å². The summed E-state index contributed by atoms with van der Waals surface area (Å²) < 4.78 is 41.3. The molecule has 0 aliphatic heterocycles. The van der Waals surface area contributed by atoms with E-state index in [-0.39, 0.29) is 23.2 Å². The predicted molar refractivity (Wildman–Crippen MR) is 142 cm³/mol. The molecule has 9 nitrogen and oxygen atoms in total. The lowest BCUT2D eigenvalue weighted by molar-refractivity contribution is 0.0952. The third-order valence-electron chi connectivity index (χ3n) is 5.85. The quantitative estimate of drug-likeness (QED) is 0.294. The molecule has 194 valence electrons. The molecule has 0 fully saturated rings. The summed E-state index contributed by atoms with van der Waals surface area (Å²) >= 11 is 0. The molecule has 0 spiro atoms. The number of amides is 1. The predicted octanol–water partition coefficient (Wildman–Crippen LogP) is 2.98.